The predicted molar refractivity (Wildman–Crippen MR) is 99.6 cm³/mol. The monoisotopic (exact) mass is 358 g/mol. The molecule has 1 saturated heterocycles. The van der Waals surface area contributed by atoms with Crippen molar-refractivity contribution in [2.75, 3.05) is 33.7 Å². The highest BCUT2D eigenvalue weighted by Gasteiger charge is 2.26. The van der Waals surface area contributed by atoms with Crippen molar-refractivity contribution in [2.24, 2.45) is 0 Å². The molecule has 3 rings (SSSR count). The van der Waals surface area contributed by atoms with Crippen LogP contribution < -0.4 is 0 Å². The summed E-state index contributed by atoms with van der Waals surface area (Å²) < 4.78 is 0. The summed E-state index contributed by atoms with van der Waals surface area (Å²) in [6.45, 7) is 2.23. The van der Waals surface area contributed by atoms with Crippen molar-refractivity contribution in [3.8, 4) is 11.3 Å². The van der Waals surface area contributed by atoms with Crippen molar-refractivity contribution in [1.82, 2.24) is 19.8 Å². The van der Waals surface area contributed by atoms with E-state index in [1.54, 1.807) is 31.4 Å². The number of hydrogen-bond acceptors (Lipinski definition) is 4. The second-order valence-corrected chi connectivity index (χ2v) is 7.10. The number of piperidine rings is 1. The number of aromatic nitrogens is 2. The Morgan fingerprint density at radius 3 is 2.88 bits per heavy atom. The minimum absolute atomic E-state index is 0.134. The Labute approximate surface area is 153 Å². The number of likely N-dealkylation sites (N-methyl/N-ethyl adjacent to an activating group) is 1. The van der Waals surface area contributed by atoms with Gasteiger partial charge in [-0.05, 0) is 31.5 Å². The second-order valence-electron chi connectivity index (χ2n) is 6.66. The predicted octanol–water partition coefficient (Wildman–Crippen LogP) is 3.06. The molecule has 1 aromatic heterocycles. The van der Waals surface area contributed by atoms with E-state index in [2.05, 4.69) is 14.9 Å². The Bertz CT molecular complexity index is 750. The van der Waals surface area contributed by atoms with Gasteiger partial charge in [0.25, 0.3) is 0 Å². The fraction of sp³-hybridized carbons (Fsp3) is 0.421. The molecule has 1 fully saturated rings. The van der Waals surface area contributed by atoms with Gasteiger partial charge in [-0.2, -0.15) is 0 Å². The third kappa shape index (κ3) is 4.35. The molecule has 1 aromatic carbocycles. The molecule has 1 aliphatic heterocycles. The fourth-order valence-corrected chi connectivity index (χ4v) is 3.45. The first-order chi connectivity index (χ1) is 12.0. The van der Waals surface area contributed by atoms with Crippen molar-refractivity contribution < 1.29 is 4.79 Å². The zero-order chi connectivity index (χ0) is 17.8. The topological polar surface area (TPSA) is 49.3 Å². The van der Waals surface area contributed by atoms with Crippen molar-refractivity contribution >= 4 is 17.5 Å². The summed E-state index contributed by atoms with van der Waals surface area (Å²) in [6, 6.07) is 7.72. The van der Waals surface area contributed by atoms with Gasteiger partial charge in [0.2, 0.25) is 5.91 Å². The van der Waals surface area contributed by atoms with Crippen molar-refractivity contribution in [1.29, 1.82) is 0 Å². The number of halogens is 1. The Morgan fingerprint density at radius 1 is 1.32 bits per heavy atom. The average molecular weight is 359 g/mol. The first kappa shape index (κ1) is 17.8. The smallest absolute Gasteiger partial charge is 0.236 e. The first-order valence-electron chi connectivity index (χ1n) is 8.54. The molecule has 0 saturated carbocycles. The van der Waals surface area contributed by atoms with Crippen LogP contribution in [0.3, 0.4) is 0 Å². The van der Waals surface area contributed by atoms with Crippen LogP contribution >= 0.6 is 11.6 Å². The van der Waals surface area contributed by atoms with Crippen molar-refractivity contribution in [3.63, 3.8) is 0 Å². The minimum Gasteiger partial charge on any atom is -0.348 e. The number of rotatable bonds is 4. The Kier molecular flexibility index (Phi) is 5.66. The van der Waals surface area contributed by atoms with E-state index in [1.165, 1.54) is 0 Å². The zero-order valence-corrected chi connectivity index (χ0v) is 15.4. The summed E-state index contributed by atoms with van der Waals surface area (Å²) >= 11 is 6.14. The van der Waals surface area contributed by atoms with Gasteiger partial charge in [-0.1, -0.05) is 23.7 Å². The molecule has 1 aliphatic rings. The van der Waals surface area contributed by atoms with Crippen LogP contribution in [-0.2, 0) is 4.79 Å². The van der Waals surface area contributed by atoms with E-state index in [1.807, 2.05) is 24.3 Å². The summed E-state index contributed by atoms with van der Waals surface area (Å²) in [6.07, 6.45) is 5.57. The van der Waals surface area contributed by atoms with E-state index in [0.29, 0.717) is 11.6 Å². The van der Waals surface area contributed by atoms with Gasteiger partial charge >= 0.3 is 0 Å². The molecular weight excluding hydrogens is 336 g/mol. The normalized spacial score (nSPS) is 18.1. The molecule has 5 nitrogen and oxygen atoms in total. The summed E-state index contributed by atoms with van der Waals surface area (Å²) in [4.78, 5) is 25.1. The fourth-order valence-electron chi connectivity index (χ4n) is 3.26. The molecule has 25 heavy (non-hydrogen) atoms. The molecule has 6 heteroatoms. The SMILES string of the molecule is CN(C)C(=O)CN1CCC[C@@H](c2nccnc2-c2cccc(Cl)c2)C1. The Morgan fingerprint density at radius 2 is 2.12 bits per heavy atom. The number of benzene rings is 1. The van der Waals surface area contributed by atoms with Gasteiger partial charge in [-0.15, -0.1) is 0 Å². The van der Waals surface area contributed by atoms with Crippen LogP contribution in [-0.4, -0.2) is 59.4 Å². The van der Waals surface area contributed by atoms with E-state index >= 15 is 0 Å². The molecule has 2 heterocycles. The summed E-state index contributed by atoms with van der Waals surface area (Å²) in [5.74, 6) is 0.404. The van der Waals surface area contributed by atoms with Gasteiger partial charge < -0.3 is 4.90 Å². The highest BCUT2D eigenvalue weighted by Crippen LogP contribution is 2.32. The maximum Gasteiger partial charge on any atom is 0.236 e. The molecule has 0 unspecified atom stereocenters. The van der Waals surface area contributed by atoms with Crippen molar-refractivity contribution in [2.45, 2.75) is 18.8 Å². The minimum atomic E-state index is 0.134. The molecule has 0 radical (unpaired) electrons. The van der Waals surface area contributed by atoms with Crippen LogP contribution in [0.4, 0.5) is 0 Å². The molecule has 0 spiro atoms. The van der Waals surface area contributed by atoms with Crippen LogP contribution in [0.2, 0.25) is 5.02 Å². The lowest BCUT2D eigenvalue weighted by molar-refractivity contribution is -0.130. The van der Waals surface area contributed by atoms with Crippen molar-refractivity contribution in [3.05, 3.63) is 47.4 Å². The molecule has 1 atom stereocenters. The van der Waals surface area contributed by atoms with E-state index < -0.39 is 0 Å². The Balaban J connectivity index is 1.83. The third-order valence-corrected chi connectivity index (χ3v) is 4.81. The molecular formula is C19H23ClN4O. The number of amides is 1. The quantitative estimate of drug-likeness (QED) is 0.842. The lowest BCUT2D eigenvalue weighted by atomic mass is 9.91. The van der Waals surface area contributed by atoms with E-state index in [0.717, 1.165) is 42.9 Å². The van der Waals surface area contributed by atoms with E-state index in [-0.39, 0.29) is 11.8 Å². The number of nitrogens with zero attached hydrogens (tertiary/aromatic N) is 4. The molecule has 0 bridgehead atoms. The zero-order valence-electron chi connectivity index (χ0n) is 14.7. The van der Waals surface area contributed by atoms with E-state index in [4.69, 9.17) is 11.6 Å². The molecule has 132 valence electrons. The van der Waals surface area contributed by atoms with Crippen LogP contribution in [0.5, 0.6) is 0 Å². The van der Waals surface area contributed by atoms with Crippen LogP contribution in [0.1, 0.15) is 24.5 Å². The van der Waals surface area contributed by atoms with Crippen LogP contribution in [0.15, 0.2) is 36.7 Å². The van der Waals surface area contributed by atoms with Gasteiger partial charge in [-0.25, -0.2) is 0 Å². The van der Waals surface area contributed by atoms with E-state index in [9.17, 15) is 4.79 Å². The molecule has 1 amide bonds. The summed E-state index contributed by atoms with van der Waals surface area (Å²) in [7, 11) is 3.59. The number of carbonyl (C=O) groups is 1. The lowest BCUT2D eigenvalue weighted by Gasteiger charge is -2.33. The maximum atomic E-state index is 12.0. The second kappa shape index (κ2) is 7.93. The molecule has 0 aliphatic carbocycles. The molecule has 0 N–H and O–H groups in total. The Hall–Kier alpha value is -1.98. The largest absolute Gasteiger partial charge is 0.348 e. The molecule has 2 aromatic rings. The van der Waals surface area contributed by atoms with Crippen LogP contribution in [0.25, 0.3) is 11.3 Å². The van der Waals surface area contributed by atoms with Gasteiger partial charge in [0.1, 0.15) is 0 Å². The summed E-state index contributed by atoms with van der Waals surface area (Å²) in [5, 5.41) is 0.691. The van der Waals surface area contributed by atoms with Crippen LogP contribution in [0, 0.1) is 0 Å². The van der Waals surface area contributed by atoms with Gasteiger partial charge in [0.05, 0.1) is 17.9 Å². The highest BCUT2D eigenvalue weighted by molar-refractivity contribution is 6.30. The first-order valence-corrected chi connectivity index (χ1v) is 8.91. The number of hydrogen-bond donors (Lipinski definition) is 0. The third-order valence-electron chi connectivity index (χ3n) is 4.57. The van der Waals surface area contributed by atoms with Gasteiger partial charge in [-0.3, -0.25) is 19.7 Å². The van der Waals surface area contributed by atoms with Gasteiger partial charge in [0, 0.05) is 49.5 Å². The number of likely N-dealkylation sites (tertiary alicyclic amines) is 1. The standard InChI is InChI=1S/C19H23ClN4O/c1-23(2)17(25)13-24-10-4-6-15(12-24)19-18(21-8-9-22-19)14-5-3-7-16(20)11-14/h3,5,7-9,11,15H,4,6,10,12-13H2,1-2H3/t15-/m1/s1. The lowest BCUT2D eigenvalue weighted by Crippen LogP contribution is -2.41. The number of carbonyl (C=O) groups excluding carboxylic acids is 1. The highest BCUT2D eigenvalue weighted by atomic mass is 35.5. The summed E-state index contributed by atoms with van der Waals surface area (Å²) in [5.41, 5.74) is 2.86. The maximum absolute atomic E-state index is 12.0. The average Bonchev–Trinajstić information content (AvgIpc) is 2.62. The van der Waals surface area contributed by atoms with Gasteiger partial charge in [0.15, 0.2) is 0 Å².